The highest BCUT2D eigenvalue weighted by atomic mass is 35.5. The van der Waals surface area contributed by atoms with Crippen LogP contribution in [0.3, 0.4) is 0 Å². The van der Waals surface area contributed by atoms with Gasteiger partial charge in [-0.2, -0.15) is 0 Å². The van der Waals surface area contributed by atoms with Crippen molar-refractivity contribution in [2.75, 3.05) is 6.61 Å². The van der Waals surface area contributed by atoms with Crippen molar-refractivity contribution in [3.63, 3.8) is 0 Å². The molecule has 1 aromatic carbocycles. The Morgan fingerprint density at radius 2 is 2.13 bits per heavy atom. The number of amides is 1. The van der Waals surface area contributed by atoms with Gasteiger partial charge < -0.3 is 15.8 Å². The lowest BCUT2D eigenvalue weighted by Crippen LogP contribution is -2.40. The molecule has 0 saturated carbocycles. The van der Waals surface area contributed by atoms with E-state index < -0.39 is 0 Å². The van der Waals surface area contributed by atoms with Crippen molar-refractivity contribution in [1.29, 1.82) is 0 Å². The fourth-order valence-corrected chi connectivity index (χ4v) is 4.32. The first-order valence-corrected chi connectivity index (χ1v) is 8.37. The number of ether oxygens (including phenoxy) is 1. The van der Waals surface area contributed by atoms with Gasteiger partial charge in [0.15, 0.2) is 0 Å². The molecule has 4 nitrogen and oxygen atoms in total. The van der Waals surface area contributed by atoms with Crippen LogP contribution in [0, 0.1) is 0 Å². The average Bonchev–Trinajstić information content (AvgIpc) is 3.10. The summed E-state index contributed by atoms with van der Waals surface area (Å²) in [5, 5.41) is 3.11. The Morgan fingerprint density at radius 3 is 2.91 bits per heavy atom. The number of rotatable bonds is 2. The third-order valence-electron chi connectivity index (χ3n) is 4.46. The molecule has 2 aliphatic rings. The number of nitrogens with one attached hydrogen (secondary N) is 1. The van der Waals surface area contributed by atoms with Crippen molar-refractivity contribution >= 4 is 29.7 Å². The molecule has 0 spiro atoms. The number of benzene rings is 1. The van der Waals surface area contributed by atoms with E-state index in [0.717, 1.165) is 35.5 Å². The van der Waals surface area contributed by atoms with E-state index in [9.17, 15) is 4.79 Å². The molecule has 1 amide bonds. The van der Waals surface area contributed by atoms with Gasteiger partial charge in [-0.05, 0) is 29.2 Å². The second-order valence-electron chi connectivity index (χ2n) is 5.87. The minimum Gasteiger partial charge on any atom is -0.376 e. The molecule has 1 aliphatic heterocycles. The Balaban J connectivity index is 0.00000156. The molecule has 2 aromatic rings. The first-order chi connectivity index (χ1) is 10.7. The molecule has 0 fully saturated rings. The molecule has 122 valence electrons. The number of halogens is 1. The highest BCUT2D eigenvalue weighted by molar-refractivity contribution is 7.14. The maximum Gasteiger partial charge on any atom is 0.261 e. The van der Waals surface area contributed by atoms with Crippen LogP contribution in [0.15, 0.2) is 30.3 Å². The molecule has 4 rings (SSSR count). The van der Waals surface area contributed by atoms with Crippen molar-refractivity contribution < 1.29 is 9.53 Å². The zero-order chi connectivity index (χ0) is 15.1. The maximum atomic E-state index is 12.5. The Labute approximate surface area is 145 Å². The van der Waals surface area contributed by atoms with Crippen molar-refractivity contribution in [2.45, 2.75) is 31.5 Å². The lowest BCUT2D eigenvalue weighted by atomic mass is 10.1. The summed E-state index contributed by atoms with van der Waals surface area (Å²) in [5.74, 6) is -0.0207. The van der Waals surface area contributed by atoms with E-state index in [1.807, 2.05) is 24.3 Å². The van der Waals surface area contributed by atoms with Crippen LogP contribution in [0.1, 0.15) is 37.3 Å². The number of carbonyl (C=O) groups excluding carboxylic acids is 1. The van der Waals surface area contributed by atoms with E-state index in [4.69, 9.17) is 10.5 Å². The zero-order valence-electron chi connectivity index (χ0n) is 12.6. The quantitative estimate of drug-likeness (QED) is 0.875. The summed E-state index contributed by atoms with van der Waals surface area (Å²) in [5.41, 5.74) is 9.82. The van der Waals surface area contributed by atoms with Crippen LogP contribution in [0.5, 0.6) is 0 Å². The molecular formula is C17H19ClN2O2S. The summed E-state index contributed by atoms with van der Waals surface area (Å²) in [7, 11) is 0. The van der Waals surface area contributed by atoms with Gasteiger partial charge in [-0.15, -0.1) is 23.7 Å². The molecule has 1 aromatic heterocycles. The van der Waals surface area contributed by atoms with Gasteiger partial charge in [0, 0.05) is 11.3 Å². The van der Waals surface area contributed by atoms with Crippen molar-refractivity contribution in [3.05, 3.63) is 56.8 Å². The summed E-state index contributed by atoms with van der Waals surface area (Å²) in [6, 6.07) is 9.95. The molecule has 0 unspecified atom stereocenters. The molecule has 0 radical (unpaired) electrons. The molecular weight excluding hydrogens is 332 g/mol. The largest absolute Gasteiger partial charge is 0.376 e. The summed E-state index contributed by atoms with van der Waals surface area (Å²) in [6.45, 7) is 1.37. The summed E-state index contributed by atoms with van der Waals surface area (Å²) >= 11 is 1.58. The second-order valence-corrected chi connectivity index (χ2v) is 7.01. The van der Waals surface area contributed by atoms with E-state index in [1.54, 1.807) is 11.3 Å². The maximum absolute atomic E-state index is 12.5. The number of hydrogen-bond donors (Lipinski definition) is 2. The third kappa shape index (κ3) is 3.02. The lowest BCUT2D eigenvalue weighted by molar-refractivity contribution is 0.0937. The second kappa shape index (κ2) is 6.61. The van der Waals surface area contributed by atoms with E-state index in [2.05, 4.69) is 11.4 Å². The topological polar surface area (TPSA) is 64.3 Å². The van der Waals surface area contributed by atoms with E-state index in [-0.39, 0.29) is 30.4 Å². The number of fused-ring (bicyclic) bond motifs is 2. The first kappa shape index (κ1) is 16.5. The lowest BCUT2D eigenvalue weighted by Gasteiger charge is -2.17. The minimum atomic E-state index is -0.127. The van der Waals surface area contributed by atoms with E-state index in [1.165, 1.54) is 10.4 Å². The van der Waals surface area contributed by atoms with Gasteiger partial charge in [-0.3, -0.25) is 4.79 Å². The normalized spacial score (nSPS) is 22.0. The summed E-state index contributed by atoms with van der Waals surface area (Å²) in [6.07, 6.45) is 1.71. The molecule has 2 atom stereocenters. The third-order valence-corrected chi connectivity index (χ3v) is 5.69. The van der Waals surface area contributed by atoms with Gasteiger partial charge >= 0.3 is 0 Å². The van der Waals surface area contributed by atoms with Crippen LogP contribution >= 0.6 is 23.7 Å². The highest BCUT2D eigenvalue weighted by Gasteiger charge is 2.31. The first-order valence-electron chi connectivity index (χ1n) is 7.56. The van der Waals surface area contributed by atoms with Crippen LogP contribution in [0.4, 0.5) is 0 Å². The minimum absolute atomic E-state index is 0. The molecule has 0 saturated heterocycles. The fourth-order valence-electron chi connectivity index (χ4n) is 3.27. The van der Waals surface area contributed by atoms with Crippen LogP contribution < -0.4 is 11.1 Å². The van der Waals surface area contributed by atoms with Crippen molar-refractivity contribution in [1.82, 2.24) is 5.32 Å². The van der Waals surface area contributed by atoms with Gasteiger partial charge in [0.2, 0.25) is 0 Å². The van der Waals surface area contributed by atoms with Gasteiger partial charge in [0.25, 0.3) is 5.91 Å². The summed E-state index contributed by atoms with van der Waals surface area (Å²) < 4.78 is 5.44. The number of carbonyl (C=O) groups is 1. The molecule has 2 heterocycles. The molecule has 1 aliphatic carbocycles. The number of thiophene rings is 1. The average molecular weight is 351 g/mol. The Kier molecular flexibility index (Phi) is 4.73. The Bertz CT molecular complexity index is 708. The molecule has 6 heteroatoms. The predicted octanol–water partition coefficient (Wildman–Crippen LogP) is 2.60. The number of nitrogens with two attached hydrogens (primary N) is 1. The predicted molar refractivity (Wildman–Crippen MR) is 93.3 cm³/mol. The zero-order valence-corrected chi connectivity index (χ0v) is 14.2. The smallest absolute Gasteiger partial charge is 0.261 e. The van der Waals surface area contributed by atoms with Crippen molar-refractivity contribution in [2.24, 2.45) is 5.73 Å². The van der Waals surface area contributed by atoms with E-state index in [0.29, 0.717) is 6.61 Å². The van der Waals surface area contributed by atoms with Crippen LogP contribution in [0.2, 0.25) is 0 Å². The van der Waals surface area contributed by atoms with Crippen LogP contribution in [0.25, 0.3) is 0 Å². The number of hydrogen-bond acceptors (Lipinski definition) is 4. The Morgan fingerprint density at radius 1 is 1.30 bits per heavy atom. The van der Waals surface area contributed by atoms with Gasteiger partial charge in [-0.25, -0.2) is 0 Å². The van der Waals surface area contributed by atoms with Gasteiger partial charge in [-0.1, -0.05) is 24.3 Å². The molecule has 23 heavy (non-hydrogen) atoms. The van der Waals surface area contributed by atoms with Gasteiger partial charge in [0.1, 0.15) is 0 Å². The van der Waals surface area contributed by atoms with Crippen LogP contribution in [-0.2, 0) is 24.2 Å². The van der Waals surface area contributed by atoms with E-state index >= 15 is 0 Å². The van der Waals surface area contributed by atoms with Crippen LogP contribution in [-0.4, -0.2) is 18.6 Å². The molecule has 3 N–H and O–H groups in total. The fraction of sp³-hybridized carbons (Fsp3) is 0.353. The van der Waals surface area contributed by atoms with Crippen molar-refractivity contribution in [3.8, 4) is 0 Å². The standard InChI is InChI=1S/C17H18N2O2S.ClH/c18-16-12-4-2-1-3-10(12)7-13(16)19-17(20)15-8-11-9-21-6-5-14(11)22-15;/h1-4,8,13,16H,5-7,9,18H2,(H,19,20);1H/t13-,16-;/m1./s1. The SMILES string of the molecule is Cl.N[C@@H]1c2ccccc2C[C@H]1NC(=O)c1cc2c(s1)CCOC2. The summed E-state index contributed by atoms with van der Waals surface area (Å²) in [4.78, 5) is 14.6. The highest BCUT2D eigenvalue weighted by Crippen LogP contribution is 2.31. The monoisotopic (exact) mass is 350 g/mol. The van der Waals surface area contributed by atoms with Gasteiger partial charge in [0.05, 0.1) is 30.2 Å². The Hall–Kier alpha value is -1.40. The molecule has 0 bridgehead atoms.